The fourth-order valence-electron chi connectivity index (χ4n) is 5.28. The lowest BCUT2D eigenvalue weighted by molar-refractivity contribution is 0.0827. The molecule has 1 aliphatic rings. The van der Waals surface area contributed by atoms with E-state index in [0.717, 1.165) is 53.7 Å². The lowest BCUT2D eigenvalue weighted by Crippen LogP contribution is -2.34. The van der Waals surface area contributed by atoms with Gasteiger partial charge in [0.15, 0.2) is 5.69 Å². The van der Waals surface area contributed by atoms with E-state index in [4.69, 9.17) is 5.73 Å². The first-order valence-electron chi connectivity index (χ1n) is 12.6. The van der Waals surface area contributed by atoms with Crippen LogP contribution in [-0.4, -0.2) is 57.4 Å². The number of alkyl halides is 1. The van der Waals surface area contributed by atoms with Crippen LogP contribution in [0.4, 0.5) is 5.82 Å². The van der Waals surface area contributed by atoms with E-state index < -0.39 is 0 Å². The van der Waals surface area contributed by atoms with E-state index in [1.54, 1.807) is 31.3 Å². The van der Waals surface area contributed by atoms with Gasteiger partial charge in [0.1, 0.15) is 21.6 Å². The molecule has 1 amide bonds. The summed E-state index contributed by atoms with van der Waals surface area (Å²) in [6.07, 6.45) is 3.91. The molecule has 9 heteroatoms. The number of anilines is 1. The van der Waals surface area contributed by atoms with Gasteiger partial charge in [-0.2, -0.15) is 5.26 Å². The maximum Gasteiger partial charge on any atom is 0.253 e. The Morgan fingerprint density at radius 1 is 1.13 bits per heavy atom. The van der Waals surface area contributed by atoms with Crippen molar-refractivity contribution in [2.75, 3.05) is 32.9 Å². The van der Waals surface area contributed by atoms with Gasteiger partial charge in [-0.25, -0.2) is 9.97 Å². The predicted octanol–water partition coefficient (Wildman–Crippen LogP) is 5.10. The molecule has 2 N–H and O–H groups in total. The maximum absolute atomic E-state index is 12.2. The maximum atomic E-state index is 12.2. The SMILES string of the molecule is CN(C)C(=O)c1ccc(C2CCN([C@@H](I)c3cc4c(-c5ccc(N)nc5C#N)ccnc4n3C)CC2)cc1. The third kappa shape index (κ3) is 4.86. The second-order valence-electron chi connectivity index (χ2n) is 9.94. The van der Waals surface area contributed by atoms with Crippen LogP contribution in [0.5, 0.6) is 0 Å². The minimum atomic E-state index is 0.0308. The summed E-state index contributed by atoms with van der Waals surface area (Å²) in [6, 6.07) is 18.0. The zero-order valence-corrected chi connectivity index (χ0v) is 23.9. The Morgan fingerprint density at radius 3 is 2.50 bits per heavy atom. The van der Waals surface area contributed by atoms with Crippen molar-refractivity contribution in [3.8, 4) is 17.2 Å². The first kappa shape index (κ1) is 26.1. The lowest BCUT2D eigenvalue weighted by Gasteiger charge is -2.35. The van der Waals surface area contributed by atoms with Crippen LogP contribution in [0.2, 0.25) is 0 Å². The zero-order valence-electron chi connectivity index (χ0n) is 21.7. The van der Waals surface area contributed by atoms with E-state index in [-0.39, 0.29) is 9.96 Å². The van der Waals surface area contributed by atoms with Gasteiger partial charge in [-0.3, -0.25) is 9.69 Å². The summed E-state index contributed by atoms with van der Waals surface area (Å²) in [5.74, 6) is 0.850. The van der Waals surface area contributed by atoms with Crippen molar-refractivity contribution >= 4 is 45.3 Å². The van der Waals surface area contributed by atoms with E-state index in [1.807, 2.05) is 24.3 Å². The first-order valence-corrected chi connectivity index (χ1v) is 13.8. The van der Waals surface area contributed by atoms with Crippen LogP contribution in [0.15, 0.2) is 54.7 Å². The topological polar surface area (TPSA) is 104 Å². The van der Waals surface area contributed by atoms with Gasteiger partial charge in [0, 0.05) is 62.6 Å². The van der Waals surface area contributed by atoms with Gasteiger partial charge >= 0.3 is 0 Å². The van der Waals surface area contributed by atoms with Gasteiger partial charge in [0.25, 0.3) is 5.91 Å². The number of rotatable bonds is 5. The molecular formula is C29H30IN7O. The second-order valence-corrected chi connectivity index (χ2v) is 11.1. The second kappa shape index (κ2) is 10.7. The fourth-order valence-corrected chi connectivity index (χ4v) is 6.44. The number of nitrogens with two attached hydrogens (primary N) is 1. The number of hydrogen-bond donors (Lipinski definition) is 1. The molecule has 3 aromatic heterocycles. The smallest absolute Gasteiger partial charge is 0.253 e. The molecule has 0 radical (unpaired) electrons. The van der Waals surface area contributed by atoms with Crippen LogP contribution in [0.1, 0.15) is 50.1 Å². The van der Waals surface area contributed by atoms with Crippen LogP contribution >= 0.6 is 22.6 Å². The monoisotopic (exact) mass is 619 g/mol. The molecule has 194 valence electrons. The molecule has 0 saturated carbocycles. The molecule has 0 spiro atoms. The number of aromatic nitrogens is 3. The third-order valence-electron chi connectivity index (χ3n) is 7.41. The number of nitrogens with zero attached hydrogens (tertiary/aromatic N) is 6. The Kier molecular flexibility index (Phi) is 7.36. The first-order chi connectivity index (χ1) is 18.3. The summed E-state index contributed by atoms with van der Waals surface area (Å²) in [5.41, 5.74) is 11.9. The number of aryl methyl sites for hydroxylation is 1. The molecule has 1 saturated heterocycles. The quantitative estimate of drug-likeness (QED) is 0.189. The minimum absolute atomic E-state index is 0.0308. The van der Waals surface area contributed by atoms with Crippen molar-refractivity contribution < 1.29 is 4.79 Å². The molecule has 1 fully saturated rings. The van der Waals surface area contributed by atoms with Crippen LogP contribution in [0.3, 0.4) is 0 Å². The summed E-state index contributed by atoms with van der Waals surface area (Å²) in [5, 5.41) is 10.6. The number of fused-ring (bicyclic) bond motifs is 1. The Balaban J connectivity index is 1.35. The van der Waals surface area contributed by atoms with Crippen LogP contribution in [0.25, 0.3) is 22.2 Å². The Morgan fingerprint density at radius 2 is 1.84 bits per heavy atom. The number of likely N-dealkylation sites (tertiary alicyclic amines) is 1. The van der Waals surface area contributed by atoms with Crippen LogP contribution in [-0.2, 0) is 7.05 Å². The number of hydrogen-bond acceptors (Lipinski definition) is 6. The van der Waals surface area contributed by atoms with E-state index >= 15 is 0 Å². The number of benzene rings is 1. The van der Waals surface area contributed by atoms with Gasteiger partial charge < -0.3 is 15.2 Å². The van der Waals surface area contributed by atoms with Gasteiger partial charge in [-0.05, 0) is 66.3 Å². The third-order valence-corrected chi connectivity index (χ3v) is 8.83. The number of amides is 1. The van der Waals surface area contributed by atoms with Crippen LogP contribution < -0.4 is 5.73 Å². The number of nitriles is 1. The summed E-state index contributed by atoms with van der Waals surface area (Å²) >= 11 is 2.53. The minimum Gasteiger partial charge on any atom is -0.384 e. The largest absolute Gasteiger partial charge is 0.384 e. The van der Waals surface area contributed by atoms with Gasteiger partial charge in [0.05, 0.1) is 0 Å². The van der Waals surface area contributed by atoms with E-state index in [2.05, 4.69) is 73.3 Å². The molecule has 0 aliphatic carbocycles. The van der Waals surface area contributed by atoms with Crippen molar-refractivity contribution in [1.82, 2.24) is 24.3 Å². The summed E-state index contributed by atoms with van der Waals surface area (Å²) in [6.45, 7) is 1.97. The average Bonchev–Trinajstić information content (AvgIpc) is 3.28. The number of nitrogen functional groups attached to an aromatic ring is 1. The Hall–Kier alpha value is -3.49. The summed E-state index contributed by atoms with van der Waals surface area (Å²) in [4.78, 5) is 25.2. The zero-order chi connectivity index (χ0) is 27.0. The number of carbonyl (C=O) groups is 1. The highest BCUT2D eigenvalue weighted by molar-refractivity contribution is 14.1. The van der Waals surface area contributed by atoms with Crippen molar-refractivity contribution in [3.63, 3.8) is 0 Å². The van der Waals surface area contributed by atoms with Gasteiger partial charge in [-0.1, -0.05) is 34.7 Å². The molecule has 0 unspecified atom stereocenters. The van der Waals surface area contributed by atoms with Crippen molar-refractivity contribution in [1.29, 1.82) is 5.26 Å². The van der Waals surface area contributed by atoms with Crippen molar-refractivity contribution in [3.05, 3.63) is 77.2 Å². The molecule has 4 heterocycles. The molecule has 38 heavy (non-hydrogen) atoms. The molecule has 0 bridgehead atoms. The predicted molar refractivity (Wildman–Crippen MR) is 158 cm³/mol. The van der Waals surface area contributed by atoms with E-state index in [1.165, 1.54) is 11.3 Å². The normalized spacial score (nSPS) is 15.3. The molecular weight excluding hydrogens is 589 g/mol. The highest BCUT2D eigenvalue weighted by Crippen LogP contribution is 2.39. The summed E-state index contributed by atoms with van der Waals surface area (Å²) in [7, 11) is 5.60. The standard InChI is InChI=1S/C29H30IN7O/c1-35(2)29(38)20-6-4-18(5-7-20)19-11-14-37(15-12-19)27(30)25-16-23-21(10-13-33-28(23)36(25)3)22-8-9-26(32)34-24(22)17-31/h4-10,13,16,19,27H,11-12,14-15H2,1-3H3,(H2,32,34)/t27-/m1/s1. The molecule has 5 rings (SSSR count). The fraction of sp³-hybridized carbons (Fsp3) is 0.310. The van der Waals surface area contributed by atoms with Crippen LogP contribution in [0, 0.1) is 11.3 Å². The number of piperidine rings is 1. The lowest BCUT2D eigenvalue weighted by atomic mass is 9.89. The van der Waals surface area contributed by atoms with Crippen molar-refractivity contribution in [2.24, 2.45) is 7.05 Å². The summed E-state index contributed by atoms with van der Waals surface area (Å²) < 4.78 is 2.33. The average molecular weight is 620 g/mol. The molecule has 1 aliphatic heterocycles. The molecule has 8 nitrogen and oxygen atoms in total. The molecule has 1 aromatic carbocycles. The highest BCUT2D eigenvalue weighted by Gasteiger charge is 2.28. The molecule has 1 atom stereocenters. The Bertz CT molecular complexity index is 1530. The number of halogens is 1. The number of pyridine rings is 2. The van der Waals surface area contributed by atoms with Crippen molar-refractivity contribution in [2.45, 2.75) is 22.8 Å². The molecule has 4 aromatic rings. The van der Waals surface area contributed by atoms with E-state index in [9.17, 15) is 10.1 Å². The Labute approximate surface area is 236 Å². The number of carbonyl (C=O) groups excluding carboxylic acids is 1. The van der Waals surface area contributed by atoms with Gasteiger partial charge in [-0.15, -0.1) is 0 Å². The van der Waals surface area contributed by atoms with Gasteiger partial charge in [0.2, 0.25) is 0 Å². The van der Waals surface area contributed by atoms with E-state index in [0.29, 0.717) is 17.4 Å². The highest BCUT2D eigenvalue weighted by atomic mass is 127.